The van der Waals surface area contributed by atoms with Crippen molar-refractivity contribution < 1.29 is 14.6 Å². The number of hydrogen-bond acceptors (Lipinski definition) is 5. The fourth-order valence-corrected chi connectivity index (χ4v) is 1.95. The van der Waals surface area contributed by atoms with E-state index in [2.05, 4.69) is 15.5 Å². The lowest BCUT2D eigenvalue weighted by atomic mass is 9.85. The molecule has 1 atom stereocenters. The number of tetrazole rings is 1. The smallest absolute Gasteiger partial charge is 0.305 e. The summed E-state index contributed by atoms with van der Waals surface area (Å²) in [5, 5.41) is 20.7. The summed E-state index contributed by atoms with van der Waals surface area (Å²) in [5.74, 6) is -0.184. The van der Waals surface area contributed by atoms with Crippen LogP contribution in [0.4, 0.5) is 0 Å². The van der Waals surface area contributed by atoms with Crippen LogP contribution in [0.25, 0.3) is 0 Å². The molecular formula is C13H24N4O3. The topological polar surface area (TPSA) is 90.1 Å². The number of aliphatic carboxylic acids is 1. The lowest BCUT2D eigenvalue weighted by Crippen LogP contribution is -2.29. The van der Waals surface area contributed by atoms with Crippen LogP contribution in [-0.4, -0.2) is 44.5 Å². The van der Waals surface area contributed by atoms with E-state index in [0.717, 1.165) is 6.42 Å². The van der Waals surface area contributed by atoms with Gasteiger partial charge in [0.15, 0.2) is 5.82 Å². The van der Waals surface area contributed by atoms with Gasteiger partial charge in [0.05, 0.1) is 19.1 Å². The molecule has 0 fully saturated rings. The van der Waals surface area contributed by atoms with Gasteiger partial charge in [-0.05, 0) is 22.3 Å². The Bertz CT molecular complexity index is 425. The summed E-state index contributed by atoms with van der Waals surface area (Å²) in [6.45, 7) is 9.25. The predicted octanol–water partition coefficient (Wildman–Crippen LogP) is 1.70. The van der Waals surface area contributed by atoms with E-state index in [9.17, 15) is 4.79 Å². The van der Waals surface area contributed by atoms with Crippen LogP contribution in [0.1, 0.15) is 52.4 Å². The van der Waals surface area contributed by atoms with Crippen molar-refractivity contribution in [3.05, 3.63) is 5.82 Å². The molecule has 0 aliphatic rings. The molecule has 1 aromatic rings. The van der Waals surface area contributed by atoms with Gasteiger partial charge in [0.1, 0.15) is 0 Å². The Morgan fingerprint density at radius 2 is 2.10 bits per heavy atom. The van der Waals surface area contributed by atoms with Crippen LogP contribution < -0.4 is 0 Å². The molecule has 0 aromatic carbocycles. The van der Waals surface area contributed by atoms with Gasteiger partial charge in [0, 0.05) is 13.0 Å². The van der Waals surface area contributed by atoms with Gasteiger partial charge in [-0.25, -0.2) is 4.68 Å². The Balaban J connectivity index is 2.81. The quantitative estimate of drug-likeness (QED) is 0.731. The normalized spacial score (nSPS) is 13.4. The van der Waals surface area contributed by atoms with Crippen LogP contribution in [0.15, 0.2) is 0 Å². The first-order valence-electron chi connectivity index (χ1n) is 6.92. The number of aromatic nitrogens is 4. The van der Waals surface area contributed by atoms with E-state index < -0.39 is 5.97 Å². The van der Waals surface area contributed by atoms with Crippen LogP contribution >= 0.6 is 0 Å². The number of nitrogens with zero attached hydrogens (tertiary/aromatic N) is 4. The molecule has 0 amide bonds. The summed E-state index contributed by atoms with van der Waals surface area (Å²) < 4.78 is 7.06. The molecule has 0 bridgehead atoms. The van der Waals surface area contributed by atoms with Gasteiger partial charge in [-0.2, -0.15) is 0 Å². The number of rotatable bonds is 8. The maximum Gasteiger partial charge on any atom is 0.305 e. The van der Waals surface area contributed by atoms with E-state index in [4.69, 9.17) is 9.84 Å². The van der Waals surface area contributed by atoms with Crippen molar-refractivity contribution in [2.45, 2.75) is 53.0 Å². The van der Waals surface area contributed by atoms with E-state index in [1.165, 1.54) is 0 Å². The Hall–Kier alpha value is -1.50. The molecule has 114 valence electrons. The molecular weight excluding hydrogens is 260 g/mol. The van der Waals surface area contributed by atoms with Crippen LogP contribution in [0.2, 0.25) is 0 Å². The largest absolute Gasteiger partial charge is 0.481 e. The molecule has 1 aromatic heterocycles. The average Bonchev–Trinajstić information content (AvgIpc) is 2.78. The zero-order chi connectivity index (χ0) is 15.2. The first-order chi connectivity index (χ1) is 9.36. The highest BCUT2D eigenvalue weighted by molar-refractivity contribution is 5.67. The number of carboxylic acids is 1. The molecule has 0 aliphatic heterocycles. The Morgan fingerprint density at radius 3 is 2.65 bits per heavy atom. The second-order valence-corrected chi connectivity index (χ2v) is 5.88. The number of hydrogen-bond donors (Lipinski definition) is 1. The van der Waals surface area contributed by atoms with Crippen molar-refractivity contribution in [2.75, 3.05) is 13.2 Å². The molecule has 1 rings (SSSR count). The van der Waals surface area contributed by atoms with Gasteiger partial charge in [-0.15, -0.1) is 5.10 Å². The van der Waals surface area contributed by atoms with E-state index in [0.29, 0.717) is 25.5 Å². The van der Waals surface area contributed by atoms with Crippen molar-refractivity contribution in [2.24, 2.45) is 5.41 Å². The standard InChI is InChI=1S/C13H24N4O3/c1-5-7-20-8-6-11-14-15-16-17(11)10(9-12(18)19)13(2,3)4/h10H,5-9H2,1-4H3,(H,18,19). The summed E-state index contributed by atoms with van der Waals surface area (Å²) in [6, 6.07) is -0.281. The minimum Gasteiger partial charge on any atom is -0.481 e. The predicted molar refractivity (Wildman–Crippen MR) is 73.4 cm³/mol. The van der Waals surface area contributed by atoms with Gasteiger partial charge in [-0.3, -0.25) is 4.79 Å². The zero-order valence-electron chi connectivity index (χ0n) is 12.7. The highest BCUT2D eigenvalue weighted by Crippen LogP contribution is 2.33. The van der Waals surface area contributed by atoms with Crippen molar-refractivity contribution in [3.63, 3.8) is 0 Å². The molecule has 0 saturated heterocycles. The Kier molecular flexibility index (Phi) is 6.06. The highest BCUT2D eigenvalue weighted by Gasteiger charge is 2.31. The number of ether oxygens (including phenoxy) is 1. The second-order valence-electron chi connectivity index (χ2n) is 5.88. The highest BCUT2D eigenvalue weighted by atomic mass is 16.5. The molecule has 7 heteroatoms. The minimum atomic E-state index is -0.853. The molecule has 1 heterocycles. The van der Waals surface area contributed by atoms with Crippen LogP contribution in [-0.2, 0) is 16.0 Å². The first-order valence-corrected chi connectivity index (χ1v) is 6.92. The molecule has 20 heavy (non-hydrogen) atoms. The van der Waals surface area contributed by atoms with Crippen molar-refractivity contribution in [1.82, 2.24) is 20.2 Å². The summed E-state index contributed by atoms with van der Waals surface area (Å²) in [5.41, 5.74) is -0.243. The SMILES string of the molecule is CCCOCCc1nnnn1C(CC(=O)O)C(C)(C)C. The third-order valence-electron chi connectivity index (χ3n) is 3.04. The minimum absolute atomic E-state index is 0.00262. The van der Waals surface area contributed by atoms with Crippen LogP contribution in [0.3, 0.4) is 0 Å². The molecule has 1 N–H and O–H groups in total. The monoisotopic (exact) mass is 284 g/mol. The molecule has 7 nitrogen and oxygen atoms in total. The zero-order valence-corrected chi connectivity index (χ0v) is 12.7. The third-order valence-corrected chi connectivity index (χ3v) is 3.04. The average molecular weight is 284 g/mol. The van der Waals surface area contributed by atoms with E-state index in [-0.39, 0.29) is 17.9 Å². The molecule has 0 aliphatic carbocycles. The molecule has 0 radical (unpaired) electrons. The van der Waals surface area contributed by atoms with E-state index >= 15 is 0 Å². The Labute approximate surface area is 119 Å². The van der Waals surface area contributed by atoms with E-state index in [1.54, 1.807) is 4.68 Å². The summed E-state index contributed by atoms with van der Waals surface area (Å²) in [6.07, 6.45) is 1.55. The molecule has 0 spiro atoms. The van der Waals surface area contributed by atoms with Gasteiger partial charge in [0.25, 0.3) is 0 Å². The fraction of sp³-hybridized carbons (Fsp3) is 0.846. The van der Waals surface area contributed by atoms with Gasteiger partial charge < -0.3 is 9.84 Å². The number of carboxylic acid groups (broad SMARTS) is 1. The van der Waals surface area contributed by atoms with Gasteiger partial charge in [-0.1, -0.05) is 27.7 Å². The van der Waals surface area contributed by atoms with Gasteiger partial charge in [0.2, 0.25) is 0 Å². The maximum absolute atomic E-state index is 11.1. The first kappa shape index (κ1) is 16.6. The van der Waals surface area contributed by atoms with E-state index in [1.807, 2.05) is 27.7 Å². The molecule has 1 unspecified atom stereocenters. The van der Waals surface area contributed by atoms with Crippen LogP contribution in [0, 0.1) is 5.41 Å². The third kappa shape index (κ3) is 4.88. The summed E-state index contributed by atoms with van der Waals surface area (Å²) in [4.78, 5) is 11.1. The molecule has 0 saturated carbocycles. The second kappa shape index (κ2) is 7.33. The summed E-state index contributed by atoms with van der Waals surface area (Å²) in [7, 11) is 0. The van der Waals surface area contributed by atoms with Crippen molar-refractivity contribution in [1.29, 1.82) is 0 Å². The van der Waals surface area contributed by atoms with Crippen LogP contribution in [0.5, 0.6) is 0 Å². The lowest BCUT2D eigenvalue weighted by Gasteiger charge is -2.29. The Morgan fingerprint density at radius 1 is 1.40 bits per heavy atom. The fourth-order valence-electron chi connectivity index (χ4n) is 1.95. The van der Waals surface area contributed by atoms with Crippen molar-refractivity contribution >= 4 is 5.97 Å². The van der Waals surface area contributed by atoms with Gasteiger partial charge >= 0.3 is 5.97 Å². The number of carbonyl (C=O) groups is 1. The van der Waals surface area contributed by atoms with Crippen molar-refractivity contribution in [3.8, 4) is 0 Å². The summed E-state index contributed by atoms with van der Waals surface area (Å²) >= 11 is 0. The lowest BCUT2D eigenvalue weighted by molar-refractivity contribution is -0.138. The maximum atomic E-state index is 11.1.